The van der Waals surface area contributed by atoms with E-state index in [1.54, 1.807) is 60.7 Å². The third-order valence-electron chi connectivity index (χ3n) is 10.2. The zero-order chi connectivity index (χ0) is 42.7. The molecule has 0 radical (unpaired) electrons. The number of nitrogens with one attached hydrogen (secondary N) is 4. The monoisotopic (exact) mass is 841 g/mol. The molecule has 0 aliphatic carbocycles. The molecule has 1 aromatic heterocycles. The SMILES string of the molecule is N=C(N)Nc1cccc(C(NC(=O)[C@@H]2C[C@@H](OCc3ccc(Cl)cc3)CN2C(=O)[C@@H](CCc2ccccc2)NC(=O)OCc2ccccc2)C(=O)c2nc3ccccc3o2)c1. The smallest absolute Gasteiger partial charge is 0.408 e. The lowest BCUT2D eigenvalue weighted by molar-refractivity contribution is -0.140. The number of nitrogens with two attached hydrogens (primary N) is 1. The van der Waals surface area contributed by atoms with Crippen LogP contribution >= 0.6 is 11.6 Å². The van der Waals surface area contributed by atoms with E-state index in [0.29, 0.717) is 33.8 Å². The fourth-order valence-electron chi connectivity index (χ4n) is 7.12. The highest BCUT2D eigenvalue weighted by Gasteiger charge is 2.44. The first kappa shape index (κ1) is 42.1. The fraction of sp³-hybridized carbons (Fsp3) is 0.217. The lowest BCUT2D eigenvalue weighted by atomic mass is 10.0. The zero-order valence-corrected chi connectivity index (χ0v) is 33.7. The van der Waals surface area contributed by atoms with Gasteiger partial charge in [0.05, 0.1) is 12.7 Å². The molecule has 312 valence electrons. The fourth-order valence-corrected chi connectivity index (χ4v) is 7.24. The standard InChI is InChI=1S/C46H44ClN7O7/c47-33-21-18-31(19-22-33)27-59-35-25-38(54(26-35)44(57)37(23-20-29-10-3-1-4-11-29)52-46(58)60-28-30-12-5-2-6-13-30)42(56)53-40(32-14-9-15-34(24-32)50-45(48)49)41(55)43-51-36-16-7-8-17-39(36)61-43/h1-19,21-22,24,35,37-38,40H,20,23,25-28H2,(H,52,58)(H,53,56)(H4,48,49,50)/t35-,37-,38+,40?/m1/s1. The van der Waals surface area contributed by atoms with Gasteiger partial charge in [0.1, 0.15) is 30.2 Å². The summed E-state index contributed by atoms with van der Waals surface area (Å²) in [5.41, 5.74) is 9.72. The van der Waals surface area contributed by atoms with Gasteiger partial charge in [-0.25, -0.2) is 9.78 Å². The average Bonchev–Trinajstić information content (AvgIpc) is 3.91. The number of para-hydroxylation sites is 2. The molecule has 5 aromatic carbocycles. The van der Waals surface area contributed by atoms with Crippen LogP contribution in [0.5, 0.6) is 0 Å². The molecule has 6 N–H and O–H groups in total. The molecule has 1 aliphatic heterocycles. The summed E-state index contributed by atoms with van der Waals surface area (Å²) in [6, 6.07) is 35.6. The molecule has 1 saturated heterocycles. The second-order valence-electron chi connectivity index (χ2n) is 14.5. The van der Waals surface area contributed by atoms with Crippen LogP contribution in [0, 0.1) is 5.41 Å². The van der Waals surface area contributed by atoms with Crippen molar-refractivity contribution in [3.05, 3.63) is 167 Å². The summed E-state index contributed by atoms with van der Waals surface area (Å²) in [7, 11) is 0. The number of nitrogens with zero attached hydrogens (tertiary/aromatic N) is 2. The van der Waals surface area contributed by atoms with E-state index < -0.39 is 47.9 Å². The summed E-state index contributed by atoms with van der Waals surface area (Å²) in [6.45, 7) is 0.170. The van der Waals surface area contributed by atoms with E-state index in [0.717, 1.165) is 16.7 Å². The highest BCUT2D eigenvalue weighted by molar-refractivity contribution is 6.30. The van der Waals surface area contributed by atoms with Gasteiger partial charge in [0, 0.05) is 23.7 Å². The number of alkyl carbamates (subject to hydrolysis) is 1. The Morgan fingerprint density at radius 2 is 1.52 bits per heavy atom. The molecule has 1 aliphatic rings. The minimum Gasteiger partial charge on any atom is -0.445 e. The minimum absolute atomic E-state index is 0.00878. The number of halogens is 1. The molecule has 3 amide bonds. The number of oxazole rings is 1. The number of aromatic nitrogens is 1. The second kappa shape index (κ2) is 19.8. The van der Waals surface area contributed by atoms with Crippen LogP contribution in [-0.2, 0) is 38.7 Å². The van der Waals surface area contributed by atoms with Crippen molar-refractivity contribution >= 4 is 58.0 Å². The summed E-state index contributed by atoms with van der Waals surface area (Å²) in [5.74, 6) is -2.40. The van der Waals surface area contributed by atoms with Gasteiger partial charge < -0.3 is 40.5 Å². The maximum absolute atomic E-state index is 14.8. The van der Waals surface area contributed by atoms with Gasteiger partial charge in [0.15, 0.2) is 11.5 Å². The Bertz CT molecular complexity index is 2450. The lowest BCUT2D eigenvalue weighted by Crippen LogP contribution is -2.54. The first-order chi connectivity index (χ1) is 29.6. The van der Waals surface area contributed by atoms with Gasteiger partial charge >= 0.3 is 6.09 Å². The summed E-state index contributed by atoms with van der Waals surface area (Å²) < 4.78 is 17.7. The number of benzene rings is 5. The van der Waals surface area contributed by atoms with Gasteiger partial charge in [-0.2, -0.15) is 0 Å². The average molecular weight is 842 g/mol. The molecule has 0 bridgehead atoms. The third-order valence-corrected chi connectivity index (χ3v) is 10.4. The molecule has 15 heteroatoms. The number of fused-ring (bicyclic) bond motifs is 1. The topological polar surface area (TPSA) is 202 Å². The van der Waals surface area contributed by atoms with Crippen LogP contribution in [0.1, 0.15) is 51.8 Å². The Hall–Kier alpha value is -7.03. The van der Waals surface area contributed by atoms with E-state index in [1.165, 1.54) is 4.90 Å². The summed E-state index contributed by atoms with van der Waals surface area (Å²) in [4.78, 5) is 62.9. The quantitative estimate of drug-likeness (QED) is 0.0386. The minimum atomic E-state index is -1.35. The Morgan fingerprint density at radius 1 is 0.836 bits per heavy atom. The van der Waals surface area contributed by atoms with E-state index in [4.69, 9.17) is 36.6 Å². The van der Waals surface area contributed by atoms with Crippen molar-refractivity contribution in [2.45, 2.75) is 56.7 Å². The van der Waals surface area contributed by atoms with Gasteiger partial charge in [-0.3, -0.25) is 19.8 Å². The molecular weight excluding hydrogens is 798 g/mol. The molecule has 2 heterocycles. The molecule has 7 rings (SSSR count). The van der Waals surface area contributed by atoms with Gasteiger partial charge in [0.2, 0.25) is 17.6 Å². The molecule has 61 heavy (non-hydrogen) atoms. The van der Waals surface area contributed by atoms with Gasteiger partial charge in [-0.15, -0.1) is 0 Å². The van der Waals surface area contributed by atoms with E-state index in [2.05, 4.69) is 20.9 Å². The van der Waals surface area contributed by atoms with Crippen molar-refractivity contribution in [1.29, 1.82) is 5.41 Å². The van der Waals surface area contributed by atoms with Crippen molar-refractivity contribution in [2.75, 3.05) is 11.9 Å². The number of rotatable bonds is 16. The van der Waals surface area contributed by atoms with Crippen LogP contribution in [-0.4, -0.2) is 64.3 Å². The van der Waals surface area contributed by atoms with Crippen molar-refractivity contribution in [3.8, 4) is 0 Å². The lowest BCUT2D eigenvalue weighted by Gasteiger charge is -2.29. The van der Waals surface area contributed by atoms with Gasteiger partial charge in [-0.1, -0.05) is 109 Å². The number of aryl methyl sites for hydroxylation is 1. The Morgan fingerprint density at radius 3 is 2.25 bits per heavy atom. The predicted molar refractivity (Wildman–Crippen MR) is 230 cm³/mol. The van der Waals surface area contributed by atoms with Crippen LogP contribution in [0.15, 0.2) is 138 Å². The van der Waals surface area contributed by atoms with Crippen molar-refractivity contribution in [3.63, 3.8) is 0 Å². The van der Waals surface area contributed by atoms with Crippen LogP contribution in [0.3, 0.4) is 0 Å². The van der Waals surface area contributed by atoms with Gasteiger partial charge in [0.25, 0.3) is 5.89 Å². The zero-order valence-electron chi connectivity index (χ0n) is 33.0. The normalized spacial score (nSPS) is 15.7. The Balaban J connectivity index is 1.18. The number of carbonyl (C=O) groups is 4. The van der Waals surface area contributed by atoms with Gasteiger partial charge in [-0.05, 0) is 71.5 Å². The van der Waals surface area contributed by atoms with Crippen LogP contribution < -0.4 is 21.7 Å². The number of Topliss-reactive ketones (excluding diaryl/α,β-unsaturated/α-hetero) is 1. The van der Waals surface area contributed by atoms with Crippen LogP contribution in [0.2, 0.25) is 5.02 Å². The molecule has 6 aromatic rings. The van der Waals surface area contributed by atoms with E-state index >= 15 is 0 Å². The molecule has 14 nitrogen and oxygen atoms in total. The number of ketones is 1. The number of carbonyl (C=O) groups excluding carboxylic acids is 4. The number of anilines is 1. The van der Waals surface area contributed by atoms with Crippen LogP contribution in [0.25, 0.3) is 11.1 Å². The maximum Gasteiger partial charge on any atom is 0.408 e. The summed E-state index contributed by atoms with van der Waals surface area (Å²) >= 11 is 6.11. The Labute approximate surface area is 356 Å². The number of likely N-dealkylation sites (tertiary alicyclic amines) is 1. The van der Waals surface area contributed by atoms with Crippen molar-refractivity contribution in [1.82, 2.24) is 20.5 Å². The number of guanidine groups is 1. The number of amides is 3. The molecule has 1 unspecified atom stereocenters. The molecular formula is C46H44ClN7O7. The second-order valence-corrected chi connectivity index (χ2v) is 15.0. The number of hydrogen-bond donors (Lipinski definition) is 5. The highest BCUT2D eigenvalue weighted by Crippen LogP contribution is 2.28. The molecule has 0 saturated carbocycles. The third kappa shape index (κ3) is 11.2. The first-order valence-corrected chi connectivity index (χ1v) is 20.1. The molecule has 0 spiro atoms. The number of hydrogen-bond acceptors (Lipinski definition) is 9. The van der Waals surface area contributed by atoms with Crippen LogP contribution in [0.4, 0.5) is 10.5 Å². The Kier molecular flexibility index (Phi) is 13.7. The molecule has 1 fully saturated rings. The highest BCUT2D eigenvalue weighted by atomic mass is 35.5. The largest absolute Gasteiger partial charge is 0.445 e. The van der Waals surface area contributed by atoms with E-state index in [9.17, 15) is 19.2 Å². The van der Waals surface area contributed by atoms with Crippen molar-refractivity contribution < 1.29 is 33.1 Å². The summed E-state index contributed by atoms with van der Waals surface area (Å²) in [5, 5.41) is 16.7. The summed E-state index contributed by atoms with van der Waals surface area (Å²) in [6.07, 6.45) is -0.703. The predicted octanol–water partition coefficient (Wildman–Crippen LogP) is 6.94. The number of ether oxygens (including phenoxy) is 2. The van der Waals surface area contributed by atoms with E-state index in [1.807, 2.05) is 72.8 Å². The first-order valence-electron chi connectivity index (χ1n) is 19.7. The van der Waals surface area contributed by atoms with E-state index in [-0.39, 0.29) is 44.5 Å². The van der Waals surface area contributed by atoms with Crippen molar-refractivity contribution in [2.24, 2.45) is 5.73 Å². The maximum atomic E-state index is 14.8. The molecule has 4 atom stereocenters.